The fourth-order valence-electron chi connectivity index (χ4n) is 2.28. The number of hydrogen-bond acceptors (Lipinski definition) is 4. The molecule has 0 amide bonds. The molecular formula is C18H14BrNO4S. The molecule has 5 nitrogen and oxygen atoms in total. The van der Waals surface area contributed by atoms with E-state index in [0.717, 1.165) is 9.54 Å². The lowest BCUT2D eigenvalue weighted by molar-refractivity contribution is 0.0463. The summed E-state index contributed by atoms with van der Waals surface area (Å²) in [7, 11) is -3.89. The van der Waals surface area contributed by atoms with Crippen molar-refractivity contribution in [3.05, 3.63) is 88.7 Å². The van der Waals surface area contributed by atoms with Gasteiger partial charge in [0.05, 0.1) is 9.37 Å². The molecule has 3 rings (SSSR count). The molecule has 3 aromatic rings. The molecule has 0 saturated carbocycles. The largest absolute Gasteiger partial charge is 0.456 e. The van der Waals surface area contributed by atoms with Gasteiger partial charge in [0.15, 0.2) is 5.69 Å². The quantitative estimate of drug-likeness (QED) is 0.589. The Labute approximate surface area is 154 Å². The zero-order valence-electron chi connectivity index (χ0n) is 13.0. The molecular weight excluding hydrogens is 406 g/mol. The van der Waals surface area contributed by atoms with Crippen LogP contribution in [0.5, 0.6) is 0 Å². The van der Waals surface area contributed by atoms with Crippen molar-refractivity contribution in [2.45, 2.75) is 11.5 Å². The van der Waals surface area contributed by atoms with Gasteiger partial charge in [0.1, 0.15) is 6.61 Å². The summed E-state index contributed by atoms with van der Waals surface area (Å²) >= 11 is 3.22. The molecule has 0 fully saturated rings. The lowest BCUT2D eigenvalue weighted by Gasteiger charge is -2.11. The first-order valence-corrected chi connectivity index (χ1v) is 9.62. The average molecular weight is 420 g/mol. The Bertz CT molecular complexity index is 982. The Hall–Kier alpha value is -2.38. The number of benzene rings is 2. The summed E-state index contributed by atoms with van der Waals surface area (Å²) in [5, 5.41) is 0. The van der Waals surface area contributed by atoms with Crippen LogP contribution in [0.2, 0.25) is 0 Å². The van der Waals surface area contributed by atoms with E-state index in [4.69, 9.17) is 4.74 Å². The monoisotopic (exact) mass is 419 g/mol. The van der Waals surface area contributed by atoms with Crippen LogP contribution in [0.1, 0.15) is 16.1 Å². The van der Waals surface area contributed by atoms with Crippen LogP contribution in [-0.4, -0.2) is 18.4 Å². The highest BCUT2D eigenvalue weighted by atomic mass is 79.9. The van der Waals surface area contributed by atoms with Gasteiger partial charge in [0, 0.05) is 6.20 Å². The Morgan fingerprint density at radius 2 is 1.56 bits per heavy atom. The van der Waals surface area contributed by atoms with Crippen LogP contribution in [0, 0.1) is 0 Å². The number of aromatic nitrogens is 1. The minimum atomic E-state index is -3.89. The topological polar surface area (TPSA) is 65.4 Å². The second-order valence-electron chi connectivity index (χ2n) is 5.19. The van der Waals surface area contributed by atoms with Crippen LogP contribution >= 0.6 is 15.9 Å². The first-order chi connectivity index (χ1) is 12.0. The predicted molar refractivity (Wildman–Crippen MR) is 96.7 cm³/mol. The fourth-order valence-corrected chi connectivity index (χ4v) is 4.23. The molecule has 1 heterocycles. The zero-order valence-corrected chi connectivity index (χ0v) is 15.4. The summed E-state index contributed by atoms with van der Waals surface area (Å²) in [5.41, 5.74) is 0.746. The molecule has 0 aliphatic carbocycles. The van der Waals surface area contributed by atoms with E-state index in [-0.39, 0.29) is 17.2 Å². The fraction of sp³-hybridized carbons (Fsp3) is 0.0556. The Balaban J connectivity index is 1.90. The van der Waals surface area contributed by atoms with Gasteiger partial charge in [-0.05, 0) is 39.7 Å². The molecule has 0 saturated heterocycles. The van der Waals surface area contributed by atoms with Gasteiger partial charge < -0.3 is 4.74 Å². The van der Waals surface area contributed by atoms with Crippen molar-refractivity contribution in [3.8, 4) is 0 Å². The van der Waals surface area contributed by atoms with E-state index in [0.29, 0.717) is 4.47 Å². The maximum Gasteiger partial charge on any atom is 0.357 e. The lowest BCUT2D eigenvalue weighted by atomic mass is 10.2. The summed E-state index contributed by atoms with van der Waals surface area (Å²) < 4.78 is 32.1. The SMILES string of the molecule is O=C(OCc1ccccc1)c1c(Br)ccn1S(=O)(=O)c1ccccc1. The number of halogens is 1. The minimum absolute atomic E-state index is 0.0582. The first-order valence-electron chi connectivity index (χ1n) is 7.38. The molecule has 2 aromatic carbocycles. The Morgan fingerprint density at radius 3 is 2.20 bits per heavy atom. The van der Waals surface area contributed by atoms with Crippen LogP contribution < -0.4 is 0 Å². The molecule has 0 radical (unpaired) electrons. The van der Waals surface area contributed by atoms with Gasteiger partial charge in [0.25, 0.3) is 10.0 Å². The number of nitrogens with zero attached hydrogens (tertiary/aromatic N) is 1. The van der Waals surface area contributed by atoms with E-state index in [1.807, 2.05) is 30.3 Å². The van der Waals surface area contributed by atoms with Gasteiger partial charge >= 0.3 is 5.97 Å². The predicted octanol–water partition coefficient (Wildman–Crippen LogP) is 3.84. The van der Waals surface area contributed by atoms with Crippen LogP contribution in [0.15, 0.2) is 82.3 Å². The minimum Gasteiger partial charge on any atom is -0.456 e. The molecule has 0 bridgehead atoms. The number of hydrogen-bond donors (Lipinski definition) is 0. The van der Waals surface area contributed by atoms with Crippen molar-refractivity contribution in [2.24, 2.45) is 0 Å². The normalized spacial score (nSPS) is 11.2. The average Bonchev–Trinajstić information content (AvgIpc) is 3.04. The first kappa shape index (κ1) is 17.4. The van der Waals surface area contributed by atoms with Crippen LogP contribution in [0.25, 0.3) is 0 Å². The van der Waals surface area contributed by atoms with Crippen LogP contribution in [0.4, 0.5) is 0 Å². The number of carbonyl (C=O) groups excluding carboxylic acids is 1. The van der Waals surface area contributed by atoms with E-state index in [2.05, 4.69) is 15.9 Å². The number of rotatable bonds is 5. The van der Waals surface area contributed by atoms with Crippen LogP contribution in [-0.2, 0) is 21.4 Å². The molecule has 0 unspecified atom stereocenters. The van der Waals surface area contributed by atoms with E-state index in [1.54, 1.807) is 18.2 Å². The maximum atomic E-state index is 12.8. The van der Waals surface area contributed by atoms with Crippen molar-refractivity contribution in [1.82, 2.24) is 3.97 Å². The summed E-state index contributed by atoms with van der Waals surface area (Å²) in [4.78, 5) is 12.6. The van der Waals surface area contributed by atoms with Crippen molar-refractivity contribution in [2.75, 3.05) is 0 Å². The second-order valence-corrected chi connectivity index (χ2v) is 7.86. The Morgan fingerprint density at radius 1 is 0.960 bits per heavy atom. The molecule has 0 atom stereocenters. The molecule has 0 aliphatic heterocycles. The van der Waals surface area contributed by atoms with E-state index in [9.17, 15) is 13.2 Å². The van der Waals surface area contributed by atoms with E-state index in [1.165, 1.54) is 24.4 Å². The van der Waals surface area contributed by atoms with E-state index >= 15 is 0 Å². The van der Waals surface area contributed by atoms with Gasteiger partial charge in [-0.3, -0.25) is 0 Å². The highest BCUT2D eigenvalue weighted by Gasteiger charge is 2.26. The molecule has 0 spiro atoms. The molecule has 128 valence electrons. The highest BCUT2D eigenvalue weighted by Crippen LogP contribution is 2.24. The number of esters is 1. The third kappa shape index (κ3) is 3.67. The van der Waals surface area contributed by atoms with Crippen molar-refractivity contribution < 1.29 is 17.9 Å². The molecule has 0 N–H and O–H groups in total. The highest BCUT2D eigenvalue weighted by molar-refractivity contribution is 9.10. The van der Waals surface area contributed by atoms with Gasteiger partial charge in [0.2, 0.25) is 0 Å². The standard InChI is InChI=1S/C18H14BrNO4S/c19-16-11-12-20(25(22,23)15-9-5-2-6-10-15)17(16)18(21)24-13-14-7-3-1-4-8-14/h1-12H,13H2. The summed E-state index contributed by atoms with van der Waals surface area (Å²) in [6, 6.07) is 18.6. The van der Waals surface area contributed by atoms with Crippen molar-refractivity contribution in [1.29, 1.82) is 0 Å². The zero-order chi connectivity index (χ0) is 17.9. The number of ether oxygens (including phenoxy) is 1. The smallest absolute Gasteiger partial charge is 0.357 e. The molecule has 1 aromatic heterocycles. The third-order valence-electron chi connectivity index (χ3n) is 3.51. The summed E-state index contributed by atoms with van der Waals surface area (Å²) in [5.74, 6) is -0.722. The van der Waals surface area contributed by atoms with Gasteiger partial charge in [-0.25, -0.2) is 17.2 Å². The maximum absolute atomic E-state index is 12.8. The summed E-state index contributed by atoms with van der Waals surface area (Å²) in [6.07, 6.45) is 1.32. The van der Waals surface area contributed by atoms with E-state index < -0.39 is 16.0 Å². The van der Waals surface area contributed by atoms with Crippen molar-refractivity contribution in [3.63, 3.8) is 0 Å². The third-order valence-corrected chi connectivity index (χ3v) is 5.84. The molecule has 0 aliphatic rings. The lowest BCUT2D eigenvalue weighted by Crippen LogP contribution is -2.19. The van der Waals surface area contributed by atoms with Crippen LogP contribution in [0.3, 0.4) is 0 Å². The Kier molecular flexibility index (Phi) is 5.06. The molecule has 25 heavy (non-hydrogen) atoms. The second kappa shape index (κ2) is 7.25. The van der Waals surface area contributed by atoms with Gasteiger partial charge in [-0.15, -0.1) is 0 Å². The van der Waals surface area contributed by atoms with Crippen molar-refractivity contribution >= 4 is 31.9 Å². The van der Waals surface area contributed by atoms with Gasteiger partial charge in [-0.1, -0.05) is 48.5 Å². The number of carbonyl (C=O) groups is 1. The summed E-state index contributed by atoms with van der Waals surface area (Å²) in [6.45, 7) is 0.0582. The van der Waals surface area contributed by atoms with Gasteiger partial charge in [-0.2, -0.15) is 0 Å². The molecule has 7 heteroatoms.